The molecular formula is C18H20N4O3S. The first kappa shape index (κ1) is 17.1. The van der Waals surface area contributed by atoms with Crippen LogP contribution in [0.25, 0.3) is 10.9 Å². The number of aromatic amines is 1. The van der Waals surface area contributed by atoms with Gasteiger partial charge in [-0.15, -0.1) is 0 Å². The SMILES string of the molecule is O=S(=O)(c1cccnc1)N1CCOC[C@@H](Cc2ccc3[nH]ncc3c2)C1. The number of pyridine rings is 1. The van der Waals surface area contributed by atoms with E-state index < -0.39 is 10.0 Å². The molecule has 136 valence electrons. The lowest BCUT2D eigenvalue weighted by molar-refractivity contribution is 0.123. The first-order chi connectivity index (χ1) is 12.6. The summed E-state index contributed by atoms with van der Waals surface area (Å²) in [6, 6.07) is 9.35. The Hall–Kier alpha value is -2.29. The zero-order valence-electron chi connectivity index (χ0n) is 14.2. The van der Waals surface area contributed by atoms with Gasteiger partial charge in [-0.25, -0.2) is 8.42 Å². The van der Waals surface area contributed by atoms with E-state index in [1.807, 2.05) is 12.1 Å². The van der Waals surface area contributed by atoms with Crippen molar-refractivity contribution >= 4 is 20.9 Å². The van der Waals surface area contributed by atoms with Crippen LogP contribution in [-0.4, -0.2) is 54.2 Å². The van der Waals surface area contributed by atoms with Crippen molar-refractivity contribution in [1.82, 2.24) is 19.5 Å². The van der Waals surface area contributed by atoms with Crippen LogP contribution in [0.5, 0.6) is 0 Å². The quantitative estimate of drug-likeness (QED) is 0.755. The monoisotopic (exact) mass is 372 g/mol. The molecule has 1 atom stereocenters. The lowest BCUT2D eigenvalue weighted by Crippen LogP contribution is -2.36. The molecule has 0 saturated carbocycles. The second kappa shape index (κ2) is 7.14. The van der Waals surface area contributed by atoms with Gasteiger partial charge in [0.25, 0.3) is 0 Å². The summed E-state index contributed by atoms with van der Waals surface area (Å²) in [5, 5.41) is 8.03. The van der Waals surface area contributed by atoms with Crippen molar-refractivity contribution in [1.29, 1.82) is 0 Å². The molecular weight excluding hydrogens is 352 g/mol. The molecule has 26 heavy (non-hydrogen) atoms. The van der Waals surface area contributed by atoms with Crippen molar-refractivity contribution in [3.63, 3.8) is 0 Å². The van der Waals surface area contributed by atoms with Crippen LogP contribution in [0.1, 0.15) is 5.56 Å². The average Bonchev–Trinajstić information content (AvgIpc) is 2.99. The molecule has 1 fully saturated rings. The maximum atomic E-state index is 12.9. The molecule has 0 spiro atoms. The van der Waals surface area contributed by atoms with Gasteiger partial charge in [-0.1, -0.05) is 6.07 Å². The van der Waals surface area contributed by atoms with Gasteiger partial charge < -0.3 is 4.74 Å². The number of nitrogens with one attached hydrogen (secondary N) is 1. The standard InChI is InChI=1S/C18H20N4O3S/c23-26(24,17-2-1-5-19-11-17)22-6-7-25-13-15(12-22)8-14-3-4-18-16(9-14)10-20-21-18/h1-5,9-11,15H,6-8,12-13H2,(H,20,21)/t15-/m0/s1. The number of ether oxygens (including phenoxy) is 1. The van der Waals surface area contributed by atoms with Gasteiger partial charge >= 0.3 is 0 Å². The van der Waals surface area contributed by atoms with Crippen molar-refractivity contribution in [2.45, 2.75) is 11.3 Å². The van der Waals surface area contributed by atoms with Crippen LogP contribution in [0.2, 0.25) is 0 Å². The number of nitrogens with zero attached hydrogens (tertiary/aromatic N) is 3. The molecule has 1 aromatic carbocycles. The molecule has 0 amide bonds. The smallest absolute Gasteiger partial charge is 0.244 e. The van der Waals surface area contributed by atoms with E-state index in [4.69, 9.17) is 4.74 Å². The van der Waals surface area contributed by atoms with Crippen LogP contribution in [-0.2, 0) is 21.2 Å². The molecule has 0 unspecified atom stereocenters. The van der Waals surface area contributed by atoms with Crippen LogP contribution in [0.3, 0.4) is 0 Å². The van der Waals surface area contributed by atoms with Gasteiger partial charge in [0, 0.05) is 36.8 Å². The normalized spacial score (nSPS) is 19.5. The third-order valence-corrected chi connectivity index (χ3v) is 6.45. The van der Waals surface area contributed by atoms with E-state index in [0.717, 1.165) is 22.9 Å². The Labute approximate surface area is 152 Å². The Morgan fingerprint density at radius 3 is 3.04 bits per heavy atom. The first-order valence-corrected chi connectivity index (χ1v) is 9.97. The minimum absolute atomic E-state index is 0.0910. The van der Waals surface area contributed by atoms with Gasteiger partial charge in [0.15, 0.2) is 0 Å². The highest BCUT2D eigenvalue weighted by Crippen LogP contribution is 2.22. The number of sulfonamides is 1. The zero-order chi connectivity index (χ0) is 18.0. The highest BCUT2D eigenvalue weighted by atomic mass is 32.2. The second-order valence-electron chi connectivity index (χ2n) is 6.49. The molecule has 3 heterocycles. The minimum atomic E-state index is -3.56. The molecule has 7 nitrogen and oxygen atoms in total. The van der Waals surface area contributed by atoms with Gasteiger partial charge in [-0.3, -0.25) is 10.1 Å². The van der Waals surface area contributed by atoms with Crippen LogP contribution >= 0.6 is 0 Å². The van der Waals surface area contributed by atoms with Crippen LogP contribution in [0, 0.1) is 5.92 Å². The lowest BCUT2D eigenvalue weighted by atomic mass is 9.99. The summed E-state index contributed by atoms with van der Waals surface area (Å²) >= 11 is 0. The molecule has 0 aliphatic carbocycles. The van der Waals surface area contributed by atoms with Crippen LogP contribution in [0.4, 0.5) is 0 Å². The largest absolute Gasteiger partial charge is 0.380 e. The number of benzene rings is 1. The Bertz CT molecular complexity index is 988. The third kappa shape index (κ3) is 3.48. The topological polar surface area (TPSA) is 88.2 Å². The molecule has 1 aliphatic rings. The summed E-state index contributed by atoms with van der Waals surface area (Å²) in [7, 11) is -3.56. The highest BCUT2D eigenvalue weighted by molar-refractivity contribution is 7.89. The molecule has 4 rings (SSSR count). The predicted octanol–water partition coefficient (Wildman–Crippen LogP) is 1.84. The van der Waals surface area contributed by atoms with E-state index in [9.17, 15) is 8.42 Å². The van der Waals surface area contributed by atoms with Gasteiger partial charge in [-0.2, -0.15) is 9.40 Å². The maximum absolute atomic E-state index is 12.9. The van der Waals surface area contributed by atoms with E-state index in [-0.39, 0.29) is 10.8 Å². The number of hydrogen-bond acceptors (Lipinski definition) is 5. The summed E-state index contributed by atoms with van der Waals surface area (Å²) in [5.74, 6) is 0.0910. The summed E-state index contributed by atoms with van der Waals surface area (Å²) in [6.07, 6.45) is 5.50. The number of fused-ring (bicyclic) bond motifs is 1. The Morgan fingerprint density at radius 1 is 1.27 bits per heavy atom. The predicted molar refractivity (Wildman–Crippen MR) is 97.1 cm³/mol. The van der Waals surface area contributed by atoms with Crippen molar-refractivity contribution in [3.8, 4) is 0 Å². The maximum Gasteiger partial charge on any atom is 0.244 e. The number of aromatic nitrogens is 3. The molecule has 1 saturated heterocycles. The van der Waals surface area contributed by atoms with Crippen molar-refractivity contribution in [2.75, 3.05) is 26.3 Å². The number of rotatable bonds is 4. The van der Waals surface area contributed by atoms with Gasteiger partial charge in [0.1, 0.15) is 4.90 Å². The Kier molecular flexibility index (Phi) is 4.71. The third-order valence-electron chi connectivity index (χ3n) is 4.60. The highest BCUT2D eigenvalue weighted by Gasteiger charge is 2.29. The van der Waals surface area contributed by atoms with Gasteiger partial charge in [0.2, 0.25) is 10.0 Å². The lowest BCUT2D eigenvalue weighted by Gasteiger charge is -2.23. The van der Waals surface area contributed by atoms with Gasteiger partial charge in [0.05, 0.1) is 24.9 Å². The van der Waals surface area contributed by atoms with Gasteiger partial charge in [-0.05, 0) is 36.2 Å². The summed E-state index contributed by atoms with van der Waals surface area (Å²) < 4.78 is 33.0. The van der Waals surface area contributed by atoms with Crippen molar-refractivity contribution in [2.24, 2.45) is 5.92 Å². The van der Waals surface area contributed by atoms with Crippen molar-refractivity contribution < 1.29 is 13.2 Å². The van der Waals surface area contributed by atoms with E-state index >= 15 is 0 Å². The Morgan fingerprint density at radius 2 is 2.19 bits per heavy atom. The fourth-order valence-corrected chi connectivity index (χ4v) is 4.76. The Balaban J connectivity index is 1.54. The fraction of sp³-hybridized carbons (Fsp3) is 0.333. The van der Waals surface area contributed by atoms with E-state index in [0.29, 0.717) is 26.3 Å². The molecule has 1 aliphatic heterocycles. The molecule has 8 heteroatoms. The minimum Gasteiger partial charge on any atom is -0.380 e. The number of hydrogen-bond donors (Lipinski definition) is 1. The molecule has 0 bridgehead atoms. The van der Waals surface area contributed by atoms with Crippen molar-refractivity contribution in [3.05, 3.63) is 54.5 Å². The van der Waals surface area contributed by atoms with E-state index in [1.165, 1.54) is 10.5 Å². The molecule has 0 radical (unpaired) electrons. The summed E-state index contributed by atoms with van der Waals surface area (Å²) in [6.45, 7) is 1.73. The summed E-state index contributed by atoms with van der Waals surface area (Å²) in [4.78, 5) is 4.16. The molecule has 2 aromatic heterocycles. The number of H-pyrrole nitrogens is 1. The average molecular weight is 372 g/mol. The molecule has 3 aromatic rings. The summed E-state index contributed by atoms with van der Waals surface area (Å²) in [5.41, 5.74) is 2.14. The zero-order valence-corrected chi connectivity index (χ0v) is 15.0. The first-order valence-electron chi connectivity index (χ1n) is 8.53. The van der Waals surface area contributed by atoms with Crippen LogP contribution < -0.4 is 0 Å². The van der Waals surface area contributed by atoms with E-state index in [1.54, 1.807) is 24.5 Å². The van der Waals surface area contributed by atoms with Crippen LogP contribution in [0.15, 0.2) is 53.8 Å². The fourth-order valence-electron chi connectivity index (χ4n) is 3.29. The molecule has 1 N–H and O–H groups in total. The second-order valence-corrected chi connectivity index (χ2v) is 8.43. The van der Waals surface area contributed by atoms with E-state index in [2.05, 4.69) is 21.2 Å².